The summed E-state index contributed by atoms with van der Waals surface area (Å²) in [5.41, 5.74) is 0. The topological polar surface area (TPSA) is 55.4 Å². The molecule has 9 heavy (non-hydrogen) atoms. The van der Waals surface area contributed by atoms with Gasteiger partial charge < -0.3 is 4.74 Å². The Kier molecular flexibility index (Phi) is 3.19. The van der Waals surface area contributed by atoms with Gasteiger partial charge in [0.05, 0.1) is 0 Å². The first-order chi connectivity index (χ1) is 3.79. The number of halogens is 1. The van der Waals surface area contributed by atoms with E-state index in [1.807, 2.05) is 0 Å². The SMILES string of the molecule is Cl.O=C1COCC(=O)N1. The molecule has 0 atom stereocenters. The molecule has 2 amide bonds. The highest BCUT2D eigenvalue weighted by molar-refractivity contribution is 5.98. The van der Waals surface area contributed by atoms with E-state index in [0.717, 1.165) is 0 Å². The van der Waals surface area contributed by atoms with Crippen molar-refractivity contribution in [1.29, 1.82) is 0 Å². The molecule has 1 heterocycles. The summed E-state index contributed by atoms with van der Waals surface area (Å²) in [6.07, 6.45) is 0. The van der Waals surface area contributed by atoms with Crippen LogP contribution in [0.25, 0.3) is 0 Å². The number of imide groups is 1. The quantitative estimate of drug-likeness (QED) is 0.456. The summed E-state index contributed by atoms with van der Waals surface area (Å²) in [5.74, 6) is -0.720. The maximum atomic E-state index is 10.2. The van der Waals surface area contributed by atoms with Gasteiger partial charge >= 0.3 is 0 Å². The van der Waals surface area contributed by atoms with Gasteiger partial charge in [0.2, 0.25) is 0 Å². The molecular formula is C4H6ClNO3. The van der Waals surface area contributed by atoms with Crippen LogP contribution in [0.4, 0.5) is 0 Å². The van der Waals surface area contributed by atoms with Gasteiger partial charge in [0, 0.05) is 0 Å². The minimum absolute atomic E-state index is 0. The molecular weight excluding hydrogens is 146 g/mol. The van der Waals surface area contributed by atoms with Gasteiger partial charge in [-0.05, 0) is 0 Å². The summed E-state index contributed by atoms with van der Waals surface area (Å²) in [4.78, 5) is 20.4. The van der Waals surface area contributed by atoms with E-state index in [2.05, 4.69) is 10.1 Å². The average molecular weight is 152 g/mol. The number of nitrogens with one attached hydrogen (secondary N) is 1. The van der Waals surface area contributed by atoms with Gasteiger partial charge in [0.25, 0.3) is 11.8 Å². The van der Waals surface area contributed by atoms with Crippen molar-refractivity contribution >= 4 is 24.2 Å². The average Bonchev–Trinajstić information content (AvgIpc) is 1.64. The predicted octanol–water partition coefficient (Wildman–Crippen LogP) is -0.919. The standard InChI is InChI=1S/C4H5NO3.ClH/c6-3-1-8-2-4(7)5-3;/h1-2H2,(H,5,6,7);1H. The molecule has 1 N–H and O–H groups in total. The predicted molar refractivity (Wildman–Crippen MR) is 31.2 cm³/mol. The van der Waals surface area contributed by atoms with E-state index in [-0.39, 0.29) is 37.4 Å². The first-order valence-corrected chi connectivity index (χ1v) is 2.19. The first kappa shape index (κ1) is 8.39. The highest BCUT2D eigenvalue weighted by Crippen LogP contribution is 1.82. The van der Waals surface area contributed by atoms with Gasteiger partial charge in [-0.15, -0.1) is 12.4 Å². The Bertz CT molecular complexity index is 122. The van der Waals surface area contributed by atoms with Crippen molar-refractivity contribution in [3.8, 4) is 0 Å². The molecule has 0 bridgehead atoms. The number of hydrogen-bond acceptors (Lipinski definition) is 3. The fourth-order valence-electron chi connectivity index (χ4n) is 0.464. The Morgan fingerprint density at radius 1 is 1.22 bits per heavy atom. The third kappa shape index (κ3) is 2.43. The van der Waals surface area contributed by atoms with Crippen LogP contribution in [0, 0.1) is 0 Å². The van der Waals surface area contributed by atoms with Gasteiger partial charge in [-0.1, -0.05) is 0 Å². The lowest BCUT2D eigenvalue weighted by Gasteiger charge is -2.09. The molecule has 0 unspecified atom stereocenters. The summed E-state index contributed by atoms with van der Waals surface area (Å²) in [5, 5.41) is 2.08. The Morgan fingerprint density at radius 2 is 1.67 bits per heavy atom. The molecule has 1 saturated heterocycles. The zero-order valence-corrected chi connectivity index (χ0v) is 5.36. The van der Waals surface area contributed by atoms with Crippen molar-refractivity contribution in [1.82, 2.24) is 5.32 Å². The van der Waals surface area contributed by atoms with Crippen molar-refractivity contribution in [3.05, 3.63) is 0 Å². The van der Waals surface area contributed by atoms with Crippen LogP contribution in [0.2, 0.25) is 0 Å². The lowest BCUT2D eigenvalue weighted by molar-refractivity contribution is -0.142. The molecule has 0 aromatic heterocycles. The molecule has 1 fully saturated rings. The second-order valence-electron chi connectivity index (χ2n) is 1.46. The molecule has 52 valence electrons. The van der Waals surface area contributed by atoms with E-state index in [4.69, 9.17) is 0 Å². The number of carbonyl (C=O) groups excluding carboxylic acids is 2. The number of amides is 2. The molecule has 0 aromatic rings. The zero-order valence-electron chi connectivity index (χ0n) is 4.55. The van der Waals surface area contributed by atoms with E-state index < -0.39 is 0 Å². The number of carbonyl (C=O) groups is 2. The molecule has 1 rings (SSSR count). The molecule has 4 nitrogen and oxygen atoms in total. The molecule has 0 radical (unpaired) electrons. The lowest BCUT2D eigenvalue weighted by atomic mass is 10.5. The van der Waals surface area contributed by atoms with Gasteiger partial charge in [-0.2, -0.15) is 0 Å². The maximum Gasteiger partial charge on any atom is 0.252 e. The van der Waals surface area contributed by atoms with E-state index in [0.29, 0.717) is 0 Å². The molecule has 1 aliphatic heterocycles. The second kappa shape index (κ2) is 3.42. The highest BCUT2D eigenvalue weighted by atomic mass is 35.5. The molecule has 5 heteroatoms. The van der Waals surface area contributed by atoms with Crippen molar-refractivity contribution in [2.45, 2.75) is 0 Å². The number of ether oxygens (including phenoxy) is 1. The normalized spacial score (nSPS) is 18.2. The fourth-order valence-corrected chi connectivity index (χ4v) is 0.464. The van der Waals surface area contributed by atoms with E-state index >= 15 is 0 Å². The monoisotopic (exact) mass is 151 g/mol. The number of rotatable bonds is 0. The van der Waals surface area contributed by atoms with Crippen molar-refractivity contribution in [3.63, 3.8) is 0 Å². The molecule has 0 saturated carbocycles. The molecule has 0 spiro atoms. The van der Waals surface area contributed by atoms with Gasteiger partial charge in [0.15, 0.2) is 0 Å². The van der Waals surface area contributed by atoms with Crippen molar-refractivity contribution in [2.75, 3.05) is 13.2 Å². The van der Waals surface area contributed by atoms with Crippen LogP contribution in [-0.2, 0) is 14.3 Å². The van der Waals surface area contributed by atoms with E-state index in [1.165, 1.54) is 0 Å². The third-order valence-corrected chi connectivity index (χ3v) is 0.745. The van der Waals surface area contributed by atoms with Crippen molar-refractivity contribution in [2.24, 2.45) is 0 Å². The third-order valence-electron chi connectivity index (χ3n) is 0.745. The van der Waals surface area contributed by atoms with Crippen LogP contribution in [0.15, 0.2) is 0 Å². The summed E-state index contributed by atoms with van der Waals surface area (Å²) in [7, 11) is 0. The minimum atomic E-state index is -0.360. The lowest BCUT2D eigenvalue weighted by Crippen LogP contribution is -2.41. The number of morpholine rings is 1. The largest absolute Gasteiger partial charge is 0.362 e. The highest BCUT2D eigenvalue weighted by Gasteiger charge is 2.13. The van der Waals surface area contributed by atoms with E-state index in [1.54, 1.807) is 0 Å². The molecule has 0 aliphatic carbocycles. The fraction of sp³-hybridized carbons (Fsp3) is 0.500. The Morgan fingerprint density at radius 3 is 1.89 bits per heavy atom. The van der Waals surface area contributed by atoms with Crippen LogP contribution in [0.5, 0.6) is 0 Å². The van der Waals surface area contributed by atoms with Crippen LogP contribution in [0.1, 0.15) is 0 Å². The minimum Gasteiger partial charge on any atom is -0.362 e. The van der Waals surface area contributed by atoms with E-state index in [9.17, 15) is 9.59 Å². The Hall–Kier alpha value is -0.610. The van der Waals surface area contributed by atoms with Crippen molar-refractivity contribution < 1.29 is 14.3 Å². The Labute approximate surface area is 58.0 Å². The van der Waals surface area contributed by atoms with Crippen LogP contribution >= 0.6 is 12.4 Å². The van der Waals surface area contributed by atoms with Gasteiger partial charge in [-0.3, -0.25) is 14.9 Å². The molecule has 0 aromatic carbocycles. The number of hydrogen-bond donors (Lipinski definition) is 1. The zero-order chi connectivity index (χ0) is 5.98. The first-order valence-electron chi connectivity index (χ1n) is 2.19. The summed E-state index contributed by atoms with van der Waals surface area (Å²) in [6.45, 7) is 0.0114. The summed E-state index contributed by atoms with van der Waals surface area (Å²) < 4.78 is 4.53. The van der Waals surface area contributed by atoms with Crippen LogP contribution < -0.4 is 5.32 Å². The van der Waals surface area contributed by atoms with Crippen LogP contribution in [-0.4, -0.2) is 25.0 Å². The second-order valence-corrected chi connectivity index (χ2v) is 1.46. The smallest absolute Gasteiger partial charge is 0.252 e. The van der Waals surface area contributed by atoms with Crippen LogP contribution in [0.3, 0.4) is 0 Å². The Balaban J connectivity index is 0.000000640. The molecule has 1 aliphatic rings. The maximum absolute atomic E-state index is 10.2. The van der Waals surface area contributed by atoms with Gasteiger partial charge in [0.1, 0.15) is 13.2 Å². The van der Waals surface area contributed by atoms with Gasteiger partial charge in [-0.25, -0.2) is 0 Å². The summed E-state index contributed by atoms with van der Waals surface area (Å²) in [6, 6.07) is 0. The summed E-state index contributed by atoms with van der Waals surface area (Å²) >= 11 is 0.